The SMILES string of the molecule is CCOc1ccc(OCC(=O)NCCn2ncc3c(=O)n(Cc4ccc(Br)cc4)cnc32)cc1. The van der Waals surface area contributed by atoms with Crippen LogP contribution in [0.25, 0.3) is 11.0 Å². The molecule has 0 saturated carbocycles. The lowest BCUT2D eigenvalue weighted by Gasteiger charge is -2.09. The van der Waals surface area contributed by atoms with E-state index in [0.717, 1.165) is 15.8 Å². The van der Waals surface area contributed by atoms with E-state index in [2.05, 4.69) is 31.3 Å². The number of hydrogen-bond acceptors (Lipinski definition) is 6. The van der Waals surface area contributed by atoms with E-state index in [-0.39, 0.29) is 18.1 Å². The lowest BCUT2D eigenvalue weighted by Crippen LogP contribution is -2.31. The highest BCUT2D eigenvalue weighted by atomic mass is 79.9. The molecular formula is C24H24BrN5O4. The number of halogens is 1. The van der Waals surface area contributed by atoms with Crippen molar-refractivity contribution in [1.29, 1.82) is 0 Å². The minimum atomic E-state index is -0.254. The molecule has 34 heavy (non-hydrogen) atoms. The van der Waals surface area contributed by atoms with Crippen LogP contribution < -0.4 is 20.3 Å². The highest BCUT2D eigenvalue weighted by Crippen LogP contribution is 2.17. The van der Waals surface area contributed by atoms with E-state index in [1.165, 1.54) is 12.5 Å². The van der Waals surface area contributed by atoms with Gasteiger partial charge in [-0.15, -0.1) is 0 Å². The molecule has 2 aromatic carbocycles. The van der Waals surface area contributed by atoms with Crippen LogP contribution in [0.15, 0.2) is 70.3 Å². The van der Waals surface area contributed by atoms with E-state index in [1.807, 2.05) is 31.2 Å². The minimum absolute atomic E-state index is 0.104. The monoisotopic (exact) mass is 525 g/mol. The lowest BCUT2D eigenvalue weighted by molar-refractivity contribution is -0.123. The predicted octanol–water partition coefficient (Wildman–Crippen LogP) is 3.00. The molecule has 0 unspecified atom stereocenters. The number of hydrogen-bond donors (Lipinski definition) is 1. The van der Waals surface area contributed by atoms with Crippen molar-refractivity contribution in [2.75, 3.05) is 19.8 Å². The van der Waals surface area contributed by atoms with Gasteiger partial charge in [0.25, 0.3) is 11.5 Å². The van der Waals surface area contributed by atoms with Crippen LogP contribution >= 0.6 is 15.9 Å². The first-order valence-corrected chi connectivity index (χ1v) is 11.6. The Hall–Kier alpha value is -3.66. The first-order valence-electron chi connectivity index (χ1n) is 10.8. The standard InChI is InChI=1S/C24H24BrN5O4/c1-2-33-19-7-9-20(10-8-19)34-15-22(31)26-11-12-30-23-21(13-28-30)24(32)29(16-27-23)14-17-3-5-18(25)6-4-17/h3-10,13,16H,2,11-12,14-15H2,1H3,(H,26,31). The van der Waals surface area contributed by atoms with Crippen molar-refractivity contribution in [3.63, 3.8) is 0 Å². The molecule has 0 atom stereocenters. The fourth-order valence-electron chi connectivity index (χ4n) is 3.36. The summed E-state index contributed by atoms with van der Waals surface area (Å²) < 4.78 is 15.0. The highest BCUT2D eigenvalue weighted by molar-refractivity contribution is 9.10. The van der Waals surface area contributed by atoms with Crippen molar-refractivity contribution in [1.82, 2.24) is 24.6 Å². The number of rotatable bonds is 10. The summed E-state index contributed by atoms with van der Waals surface area (Å²) >= 11 is 3.41. The number of carbonyl (C=O) groups is 1. The number of nitrogens with zero attached hydrogens (tertiary/aromatic N) is 4. The van der Waals surface area contributed by atoms with Gasteiger partial charge < -0.3 is 14.8 Å². The molecule has 4 aromatic rings. The third kappa shape index (κ3) is 5.82. The zero-order valence-corrected chi connectivity index (χ0v) is 20.2. The van der Waals surface area contributed by atoms with Crippen molar-refractivity contribution in [2.24, 2.45) is 0 Å². The maximum atomic E-state index is 12.8. The smallest absolute Gasteiger partial charge is 0.264 e. The van der Waals surface area contributed by atoms with E-state index >= 15 is 0 Å². The van der Waals surface area contributed by atoms with Crippen molar-refractivity contribution >= 4 is 32.9 Å². The minimum Gasteiger partial charge on any atom is -0.494 e. The Bertz CT molecular complexity index is 1320. The molecule has 2 heterocycles. The maximum absolute atomic E-state index is 12.8. The summed E-state index contributed by atoms with van der Waals surface area (Å²) in [6, 6.07) is 14.9. The Balaban J connectivity index is 1.30. The largest absolute Gasteiger partial charge is 0.494 e. The molecule has 0 radical (unpaired) electrons. The number of benzene rings is 2. The van der Waals surface area contributed by atoms with Gasteiger partial charge >= 0.3 is 0 Å². The fraction of sp³-hybridized carbons (Fsp3) is 0.250. The van der Waals surface area contributed by atoms with Gasteiger partial charge in [0, 0.05) is 11.0 Å². The average molecular weight is 526 g/mol. The highest BCUT2D eigenvalue weighted by Gasteiger charge is 2.11. The fourth-order valence-corrected chi connectivity index (χ4v) is 3.62. The Kier molecular flexibility index (Phi) is 7.58. The molecule has 0 aliphatic carbocycles. The summed E-state index contributed by atoms with van der Waals surface area (Å²) in [4.78, 5) is 29.4. The van der Waals surface area contributed by atoms with Crippen molar-refractivity contribution in [3.05, 3.63) is 81.4 Å². The number of ether oxygens (including phenoxy) is 2. The number of nitrogens with one attached hydrogen (secondary N) is 1. The normalized spacial score (nSPS) is 10.9. The molecule has 1 N–H and O–H groups in total. The third-order valence-corrected chi connectivity index (χ3v) is 5.57. The molecule has 9 nitrogen and oxygen atoms in total. The summed E-state index contributed by atoms with van der Waals surface area (Å²) in [5, 5.41) is 7.49. The number of amides is 1. The first-order chi connectivity index (χ1) is 16.5. The molecule has 0 spiro atoms. The number of fused-ring (bicyclic) bond motifs is 1. The second kappa shape index (κ2) is 11.0. The van der Waals surface area contributed by atoms with Crippen LogP contribution in [0.1, 0.15) is 12.5 Å². The lowest BCUT2D eigenvalue weighted by atomic mass is 10.2. The van der Waals surface area contributed by atoms with E-state index in [9.17, 15) is 9.59 Å². The summed E-state index contributed by atoms with van der Waals surface area (Å²) in [7, 11) is 0. The van der Waals surface area contributed by atoms with Gasteiger partial charge in [0.1, 0.15) is 23.2 Å². The quantitative estimate of drug-likeness (QED) is 0.341. The molecule has 0 saturated heterocycles. The van der Waals surface area contributed by atoms with Crippen molar-refractivity contribution in [2.45, 2.75) is 20.0 Å². The van der Waals surface area contributed by atoms with Crippen LogP contribution in [0, 0.1) is 0 Å². The summed E-state index contributed by atoms with van der Waals surface area (Å²) in [5.41, 5.74) is 1.32. The van der Waals surface area contributed by atoms with Crippen LogP contribution in [-0.2, 0) is 17.9 Å². The number of aromatic nitrogens is 4. The molecule has 176 valence electrons. The molecule has 1 amide bonds. The second-order valence-electron chi connectivity index (χ2n) is 7.45. The number of carbonyl (C=O) groups excluding carboxylic acids is 1. The van der Waals surface area contributed by atoms with Gasteiger partial charge in [-0.25, -0.2) is 9.67 Å². The van der Waals surface area contributed by atoms with Crippen LogP contribution in [0.4, 0.5) is 0 Å². The first kappa shape index (κ1) is 23.5. The average Bonchev–Trinajstić information content (AvgIpc) is 3.26. The molecule has 2 aromatic heterocycles. The van der Waals surface area contributed by atoms with Crippen LogP contribution in [0.2, 0.25) is 0 Å². The molecule has 0 bridgehead atoms. The van der Waals surface area contributed by atoms with E-state index in [1.54, 1.807) is 33.5 Å². The molecule has 0 aliphatic rings. The van der Waals surface area contributed by atoms with Crippen molar-refractivity contribution in [3.8, 4) is 11.5 Å². The van der Waals surface area contributed by atoms with Crippen LogP contribution in [0.5, 0.6) is 11.5 Å². The van der Waals surface area contributed by atoms with Gasteiger partial charge in [0.15, 0.2) is 12.3 Å². The maximum Gasteiger partial charge on any atom is 0.264 e. The molecule has 10 heteroatoms. The third-order valence-electron chi connectivity index (χ3n) is 5.04. The Labute approximate surface area is 204 Å². The van der Waals surface area contributed by atoms with Crippen LogP contribution in [-0.4, -0.2) is 45.0 Å². The molecular weight excluding hydrogens is 502 g/mol. The van der Waals surface area contributed by atoms with Crippen molar-refractivity contribution < 1.29 is 14.3 Å². The molecule has 4 rings (SSSR count). The van der Waals surface area contributed by atoms with Gasteiger partial charge in [0.2, 0.25) is 0 Å². The topological polar surface area (TPSA) is 100 Å². The van der Waals surface area contributed by atoms with Gasteiger partial charge in [-0.1, -0.05) is 28.1 Å². The van der Waals surface area contributed by atoms with E-state index in [4.69, 9.17) is 9.47 Å². The van der Waals surface area contributed by atoms with E-state index < -0.39 is 0 Å². The van der Waals surface area contributed by atoms with Gasteiger partial charge in [-0.2, -0.15) is 5.10 Å². The van der Waals surface area contributed by atoms with E-state index in [0.29, 0.717) is 43.0 Å². The summed E-state index contributed by atoms with van der Waals surface area (Å²) in [6.45, 7) is 3.52. The predicted molar refractivity (Wildman–Crippen MR) is 131 cm³/mol. The van der Waals surface area contributed by atoms with Crippen LogP contribution in [0.3, 0.4) is 0 Å². The van der Waals surface area contributed by atoms with Gasteiger partial charge in [-0.05, 0) is 48.9 Å². The zero-order valence-electron chi connectivity index (χ0n) is 18.6. The summed E-state index contributed by atoms with van der Waals surface area (Å²) in [6.07, 6.45) is 3.04. The molecule has 0 aliphatic heterocycles. The van der Waals surface area contributed by atoms with Gasteiger partial charge in [-0.3, -0.25) is 14.2 Å². The molecule has 0 fully saturated rings. The summed E-state index contributed by atoms with van der Waals surface area (Å²) in [5.74, 6) is 1.08. The Morgan fingerprint density at radius 3 is 2.47 bits per heavy atom. The Morgan fingerprint density at radius 1 is 1.06 bits per heavy atom. The Morgan fingerprint density at radius 2 is 1.76 bits per heavy atom. The zero-order chi connectivity index (χ0) is 23.9. The second-order valence-corrected chi connectivity index (χ2v) is 8.37. The van der Waals surface area contributed by atoms with Gasteiger partial charge in [0.05, 0.1) is 25.9 Å².